The Bertz CT molecular complexity index is 642. The first-order valence-corrected chi connectivity index (χ1v) is 6.54. The van der Waals surface area contributed by atoms with Gasteiger partial charge in [-0.2, -0.15) is 10.4 Å². The quantitative estimate of drug-likeness (QED) is 0.892. The van der Waals surface area contributed by atoms with E-state index in [2.05, 4.69) is 16.5 Å². The molecule has 0 fully saturated rings. The third kappa shape index (κ3) is 3.91. The molecular formula is C15H17N5O. The number of likely N-dealkylation sites (N-methyl/N-ethyl adjacent to an activating group) is 1. The maximum atomic E-state index is 11.7. The number of para-hydroxylation sites is 1. The Morgan fingerprint density at radius 2 is 2.14 bits per heavy atom. The molecule has 1 aromatic carbocycles. The molecule has 0 aliphatic carbocycles. The van der Waals surface area contributed by atoms with E-state index in [1.165, 1.54) is 0 Å². The minimum atomic E-state index is -0.699. The molecule has 2 aromatic rings. The molecule has 108 valence electrons. The predicted molar refractivity (Wildman–Crippen MR) is 78.6 cm³/mol. The van der Waals surface area contributed by atoms with Crippen molar-refractivity contribution in [2.24, 2.45) is 0 Å². The average Bonchev–Trinajstić information content (AvgIpc) is 2.94. The highest BCUT2D eigenvalue weighted by Crippen LogP contribution is 2.14. The lowest BCUT2D eigenvalue weighted by molar-refractivity contribution is -0.122. The maximum Gasteiger partial charge on any atom is 0.235 e. The zero-order valence-corrected chi connectivity index (χ0v) is 12.0. The smallest absolute Gasteiger partial charge is 0.235 e. The molecule has 0 aliphatic rings. The van der Waals surface area contributed by atoms with E-state index in [4.69, 9.17) is 0 Å². The van der Waals surface area contributed by atoms with Crippen molar-refractivity contribution < 1.29 is 4.79 Å². The predicted octanol–water partition coefficient (Wildman–Crippen LogP) is 1.11. The van der Waals surface area contributed by atoms with Crippen LogP contribution >= 0.6 is 0 Å². The summed E-state index contributed by atoms with van der Waals surface area (Å²) in [5, 5.41) is 16.1. The van der Waals surface area contributed by atoms with E-state index in [0.29, 0.717) is 5.56 Å². The van der Waals surface area contributed by atoms with Gasteiger partial charge in [-0.1, -0.05) is 18.2 Å². The number of carbonyl (C=O) groups is 1. The zero-order chi connectivity index (χ0) is 15.2. The van der Waals surface area contributed by atoms with Crippen molar-refractivity contribution >= 4 is 5.91 Å². The van der Waals surface area contributed by atoms with Crippen LogP contribution in [0.5, 0.6) is 0 Å². The Balaban J connectivity index is 2.12. The third-order valence-electron chi connectivity index (χ3n) is 2.85. The zero-order valence-electron chi connectivity index (χ0n) is 12.0. The largest absolute Gasteiger partial charge is 0.335 e. The highest BCUT2D eigenvalue weighted by Gasteiger charge is 2.16. The first-order valence-electron chi connectivity index (χ1n) is 6.54. The van der Waals surface area contributed by atoms with Gasteiger partial charge in [0.2, 0.25) is 5.91 Å². The van der Waals surface area contributed by atoms with Crippen LogP contribution < -0.4 is 5.32 Å². The van der Waals surface area contributed by atoms with E-state index in [1.54, 1.807) is 36.1 Å². The molecule has 6 heteroatoms. The fourth-order valence-electron chi connectivity index (χ4n) is 1.89. The Hall–Kier alpha value is -2.65. The molecular weight excluding hydrogens is 266 g/mol. The Kier molecular flexibility index (Phi) is 4.69. The van der Waals surface area contributed by atoms with Crippen LogP contribution in [0.25, 0.3) is 5.69 Å². The second kappa shape index (κ2) is 6.68. The van der Waals surface area contributed by atoms with Gasteiger partial charge in [0.1, 0.15) is 6.04 Å². The molecule has 1 heterocycles. The summed E-state index contributed by atoms with van der Waals surface area (Å²) < 4.78 is 1.68. The summed E-state index contributed by atoms with van der Waals surface area (Å²) in [6, 6.07) is 11.0. The van der Waals surface area contributed by atoms with Crippen molar-refractivity contribution in [2.75, 3.05) is 20.6 Å². The molecule has 0 unspecified atom stereocenters. The molecule has 1 amide bonds. The standard InChI is InChI=1S/C15H17N5O/c1-19(2)11-15(21)18-14(8-16)12-9-17-20(10-12)13-6-4-3-5-7-13/h3-7,9-10,14H,11H2,1-2H3,(H,18,21)/t14-/m1/s1. The van der Waals surface area contributed by atoms with Gasteiger partial charge in [0.15, 0.2) is 0 Å². The Labute approximate surface area is 123 Å². The van der Waals surface area contributed by atoms with Gasteiger partial charge < -0.3 is 10.2 Å². The van der Waals surface area contributed by atoms with Gasteiger partial charge in [-0.15, -0.1) is 0 Å². The van der Waals surface area contributed by atoms with Crippen LogP contribution in [0.1, 0.15) is 11.6 Å². The number of nitriles is 1. The van der Waals surface area contributed by atoms with Crippen LogP contribution in [0.2, 0.25) is 0 Å². The second-order valence-corrected chi connectivity index (χ2v) is 4.92. The molecule has 0 saturated carbocycles. The lowest BCUT2D eigenvalue weighted by Gasteiger charge is -2.13. The number of hydrogen-bond donors (Lipinski definition) is 1. The lowest BCUT2D eigenvalue weighted by Crippen LogP contribution is -2.35. The van der Waals surface area contributed by atoms with Gasteiger partial charge >= 0.3 is 0 Å². The van der Waals surface area contributed by atoms with Gasteiger partial charge in [-0.25, -0.2) is 4.68 Å². The van der Waals surface area contributed by atoms with Crippen molar-refractivity contribution in [2.45, 2.75) is 6.04 Å². The summed E-state index contributed by atoms with van der Waals surface area (Å²) in [5.41, 5.74) is 1.56. The molecule has 0 aliphatic heterocycles. The van der Waals surface area contributed by atoms with Gasteiger partial charge in [-0.05, 0) is 26.2 Å². The number of hydrogen-bond acceptors (Lipinski definition) is 4. The summed E-state index contributed by atoms with van der Waals surface area (Å²) in [7, 11) is 3.60. The van der Waals surface area contributed by atoms with Crippen LogP contribution in [0.15, 0.2) is 42.7 Å². The number of rotatable bonds is 5. The minimum absolute atomic E-state index is 0.195. The van der Waals surface area contributed by atoms with Gasteiger partial charge in [-0.3, -0.25) is 4.79 Å². The van der Waals surface area contributed by atoms with Crippen molar-refractivity contribution in [1.82, 2.24) is 20.0 Å². The number of amides is 1. The molecule has 2 rings (SSSR count). The van der Waals surface area contributed by atoms with E-state index >= 15 is 0 Å². The van der Waals surface area contributed by atoms with E-state index in [-0.39, 0.29) is 12.5 Å². The van der Waals surface area contributed by atoms with Crippen molar-refractivity contribution in [3.05, 3.63) is 48.3 Å². The molecule has 6 nitrogen and oxygen atoms in total. The summed E-state index contributed by atoms with van der Waals surface area (Å²) in [6.45, 7) is 0.241. The van der Waals surface area contributed by atoms with Crippen LogP contribution in [0.3, 0.4) is 0 Å². The Morgan fingerprint density at radius 1 is 1.43 bits per heavy atom. The molecule has 21 heavy (non-hydrogen) atoms. The SMILES string of the molecule is CN(C)CC(=O)N[C@H](C#N)c1cnn(-c2ccccc2)c1. The maximum absolute atomic E-state index is 11.7. The fourth-order valence-corrected chi connectivity index (χ4v) is 1.89. The number of nitrogens with one attached hydrogen (secondary N) is 1. The molecule has 1 N–H and O–H groups in total. The summed E-state index contributed by atoms with van der Waals surface area (Å²) in [6.07, 6.45) is 3.34. The Morgan fingerprint density at radius 3 is 2.76 bits per heavy atom. The monoisotopic (exact) mass is 283 g/mol. The highest BCUT2D eigenvalue weighted by atomic mass is 16.2. The fraction of sp³-hybridized carbons (Fsp3) is 0.267. The van der Waals surface area contributed by atoms with Gasteiger partial charge in [0.25, 0.3) is 0 Å². The molecule has 0 bridgehead atoms. The number of carbonyl (C=O) groups excluding carboxylic acids is 1. The topological polar surface area (TPSA) is 74.0 Å². The van der Waals surface area contributed by atoms with E-state index < -0.39 is 6.04 Å². The lowest BCUT2D eigenvalue weighted by atomic mass is 10.2. The number of aromatic nitrogens is 2. The molecule has 0 saturated heterocycles. The van der Waals surface area contributed by atoms with Crippen LogP contribution in [-0.4, -0.2) is 41.2 Å². The molecule has 1 aromatic heterocycles. The average molecular weight is 283 g/mol. The van der Waals surface area contributed by atoms with Crippen LogP contribution in [0, 0.1) is 11.3 Å². The van der Waals surface area contributed by atoms with Gasteiger partial charge in [0.05, 0.1) is 24.5 Å². The summed E-state index contributed by atoms with van der Waals surface area (Å²) in [4.78, 5) is 13.5. The van der Waals surface area contributed by atoms with Crippen molar-refractivity contribution in [3.8, 4) is 11.8 Å². The third-order valence-corrected chi connectivity index (χ3v) is 2.85. The minimum Gasteiger partial charge on any atom is -0.335 e. The number of benzene rings is 1. The normalized spacial score (nSPS) is 11.9. The van der Waals surface area contributed by atoms with Crippen LogP contribution in [0.4, 0.5) is 0 Å². The van der Waals surface area contributed by atoms with Crippen LogP contribution in [-0.2, 0) is 4.79 Å². The highest BCUT2D eigenvalue weighted by molar-refractivity contribution is 5.78. The molecule has 1 atom stereocenters. The summed E-state index contributed by atoms with van der Waals surface area (Å²) >= 11 is 0. The summed E-state index contributed by atoms with van der Waals surface area (Å²) in [5.74, 6) is -0.195. The van der Waals surface area contributed by atoms with Crippen molar-refractivity contribution in [3.63, 3.8) is 0 Å². The number of nitrogens with zero attached hydrogens (tertiary/aromatic N) is 4. The first-order chi connectivity index (χ1) is 10.1. The van der Waals surface area contributed by atoms with E-state index in [9.17, 15) is 10.1 Å². The van der Waals surface area contributed by atoms with E-state index in [0.717, 1.165) is 5.69 Å². The van der Waals surface area contributed by atoms with E-state index in [1.807, 2.05) is 30.3 Å². The second-order valence-electron chi connectivity index (χ2n) is 4.92. The van der Waals surface area contributed by atoms with Crippen molar-refractivity contribution in [1.29, 1.82) is 5.26 Å². The first kappa shape index (κ1) is 14.8. The molecule has 0 radical (unpaired) electrons. The van der Waals surface area contributed by atoms with Gasteiger partial charge in [0, 0.05) is 11.8 Å². The molecule has 0 spiro atoms.